The average molecular weight is 318 g/mol. The van der Waals surface area contributed by atoms with Gasteiger partial charge in [-0.05, 0) is 25.3 Å². The van der Waals surface area contributed by atoms with Crippen LogP contribution in [0.2, 0.25) is 0 Å². The summed E-state index contributed by atoms with van der Waals surface area (Å²) in [5, 5.41) is 0. The van der Waals surface area contributed by atoms with Gasteiger partial charge in [0.25, 0.3) is 0 Å². The lowest BCUT2D eigenvalue weighted by Gasteiger charge is -2.23. The van der Waals surface area contributed by atoms with E-state index in [4.69, 9.17) is 10.5 Å². The Kier molecular flexibility index (Phi) is 6.64. The SMILES string of the molecule is CSCC(C)N(C)S(=O)(=O)CCOc1cccc(N)c1. The molecular formula is C13H22N2O3S2. The van der Waals surface area contributed by atoms with Crippen LogP contribution in [-0.4, -0.2) is 50.2 Å². The molecule has 20 heavy (non-hydrogen) atoms. The Hall–Kier alpha value is -0.920. The molecule has 0 heterocycles. The first-order valence-electron chi connectivity index (χ1n) is 6.30. The molecule has 0 amide bonds. The van der Waals surface area contributed by atoms with Crippen LogP contribution in [0.1, 0.15) is 6.92 Å². The van der Waals surface area contributed by atoms with Gasteiger partial charge >= 0.3 is 0 Å². The molecule has 1 atom stereocenters. The quantitative estimate of drug-likeness (QED) is 0.738. The molecule has 0 bridgehead atoms. The number of nitrogens with zero attached hydrogens (tertiary/aromatic N) is 1. The van der Waals surface area contributed by atoms with Crippen LogP contribution in [0.25, 0.3) is 0 Å². The summed E-state index contributed by atoms with van der Waals surface area (Å²) in [7, 11) is -1.69. The van der Waals surface area contributed by atoms with E-state index < -0.39 is 10.0 Å². The van der Waals surface area contributed by atoms with Crippen LogP contribution in [0.4, 0.5) is 5.69 Å². The number of nitrogens with two attached hydrogens (primary N) is 1. The van der Waals surface area contributed by atoms with Crippen molar-refractivity contribution in [2.75, 3.05) is 37.1 Å². The summed E-state index contributed by atoms with van der Waals surface area (Å²) >= 11 is 1.63. The Labute approximate surface area is 125 Å². The third-order valence-corrected chi connectivity index (χ3v) is 5.67. The second kappa shape index (κ2) is 7.75. The van der Waals surface area contributed by atoms with E-state index in [1.54, 1.807) is 43.1 Å². The molecule has 0 aliphatic heterocycles. The minimum atomic E-state index is -3.30. The molecule has 1 aromatic rings. The fourth-order valence-corrected chi connectivity index (χ4v) is 3.64. The van der Waals surface area contributed by atoms with Gasteiger partial charge in [0.05, 0.1) is 5.75 Å². The van der Waals surface area contributed by atoms with E-state index in [9.17, 15) is 8.42 Å². The molecule has 0 radical (unpaired) electrons. The fraction of sp³-hybridized carbons (Fsp3) is 0.538. The van der Waals surface area contributed by atoms with Gasteiger partial charge in [0.15, 0.2) is 0 Å². The lowest BCUT2D eigenvalue weighted by Crippen LogP contribution is -2.39. The maximum atomic E-state index is 12.1. The van der Waals surface area contributed by atoms with Gasteiger partial charge in [-0.1, -0.05) is 6.07 Å². The molecule has 0 aliphatic rings. The standard InChI is InChI=1S/C13H22N2O3S2/c1-11(10-19-3)15(2)20(16,17)8-7-18-13-6-4-5-12(14)9-13/h4-6,9,11H,7-8,10,14H2,1-3H3. The summed E-state index contributed by atoms with van der Waals surface area (Å²) in [4.78, 5) is 0. The number of hydrogen-bond donors (Lipinski definition) is 1. The van der Waals surface area contributed by atoms with Crippen molar-refractivity contribution in [1.29, 1.82) is 0 Å². The number of thioether (sulfide) groups is 1. The van der Waals surface area contributed by atoms with Gasteiger partial charge in [0.2, 0.25) is 10.0 Å². The van der Waals surface area contributed by atoms with Crippen molar-refractivity contribution in [3.8, 4) is 5.75 Å². The van der Waals surface area contributed by atoms with Crippen molar-refractivity contribution < 1.29 is 13.2 Å². The van der Waals surface area contributed by atoms with Gasteiger partial charge in [-0.2, -0.15) is 11.8 Å². The van der Waals surface area contributed by atoms with E-state index in [1.165, 1.54) is 4.31 Å². The van der Waals surface area contributed by atoms with E-state index in [1.807, 2.05) is 13.2 Å². The van der Waals surface area contributed by atoms with Crippen LogP contribution in [0.15, 0.2) is 24.3 Å². The predicted octanol–water partition coefficient (Wildman–Crippen LogP) is 1.66. The second-order valence-electron chi connectivity index (χ2n) is 4.56. The summed E-state index contributed by atoms with van der Waals surface area (Å²) in [5.41, 5.74) is 6.22. The lowest BCUT2D eigenvalue weighted by molar-refractivity contribution is 0.334. The molecular weight excluding hydrogens is 296 g/mol. The normalized spacial score (nSPS) is 13.4. The summed E-state index contributed by atoms with van der Waals surface area (Å²) < 4.78 is 31.1. The molecule has 1 rings (SSSR count). The Bertz CT molecular complexity index is 520. The molecule has 0 saturated heterocycles. The van der Waals surface area contributed by atoms with Crippen molar-refractivity contribution in [3.63, 3.8) is 0 Å². The topological polar surface area (TPSA) is 72.6 Å². The first kappa shape index (κ1) is 17.1. The van der Waals surface area contributed by atoms with Crippen molar-refractivity contribution >= 4 is 27.5 Å². The van der Waals surface area contributed by atoms with Gasteiger partial charge in [0.1, 0.15) is 12.4 Å². The minimum absolute atomic E-state index is 0.0256. The third kappa shape index (κ3) is 5.22. The van der Waals surface area contributed by atoms with Crippen LogP contribution in [0, 0.1) is 0 Å². The summed E-state index contributed by atoms with van der Waals surface area (Å²) in [5.74, 6) is 1.31. The number of ether oxygens (including phenoxy) is 1. The molecule has 5 nitrogen and oxygen atoms in total. The van der Waals surface area contributed by atoms with Crippen molar-refractivity contribution in [2.45, 2.75) is 13.0 Å². The first-order chi connectivity index (χ1) is 9.36. The van der Waals surface area contributed by atoms with Crippen molar-refractivity contribution in [3.05, 3.63) is 24.3 Å². The summed E-state index contributed by atoms with van der Waals surface area (Å²) in [6.45, 7) is 2.01. The van der Waals surface area contributed by atoms with Gasteiger partial charge in [-0.15, -0.1) is 0 Å². The van der Waals surface area contributed by atoms with E-state index in [2.05, 4.69) is 0 Å². The number of anilines is 1. The zero-order chi connectivity index (χ0) is 15.2. The molecule has 1 aromatic carbocycles. The zero-order valence-electron chi connectivity index (χ0n) is 12.1. The largest absolute Gasteiger partial charge is 0.492 e. The van der Waals surface area contributed by atoms with Crippen LogP contribution in [-0.2, 0) is 10.0 Å². The second-order valence-corrected chi connectivity index (χ2v) is 7.62. The Morgan fingerprint density at radius 1 is 1.45 bits per heavy atom. The summed E-state index contributed by atoms with van der Waals surface area (Å²) in [6.07, 6.45) is 1.96. The molecule has 1 unspecified atom stereocenters. The van der Waals surface area contributed by atoms with Crippen LogP contribution in [0.5, 0.6) is 5.75 Å². The van der Waals surface area contributed by atoms with E-state index in [0.29, 0.717) is 11.4 Å². The average Bonchev–Trinajstić information content (AvgIpc) is 2.38. The Morgan fingerprint density at radius 3 is 2.75 bits per heavy atom. The Balaban J connectivity index is 2.51. The van der Waals surface area contributed by atoms with E-state index in [0.717, 1.165) is 5.75 Å². The van der Waals surface area contributed by atoms with Crippen molar-refractivity contribution in [1.82, 2.24) is 4.31 Å². The Morgan fingerprint density at radius 2 is 2.15 bits per heavy atom. The number of nitrogen functional groups attached to an aromatic ring is 1. The number of hydrogen-bond acceptors (Lipinski definition) is 5. The zero-order valence-corrected chi connectivity index (χ0v) is 13.7. The minimum Gasteiger partial charge on any atom is -0.492 e. The van der Waals surface area contributed by atoms with E-state index >= 15 is 0 Å². The molecule has 2 N–H and O–H groups in total. The fourth-order valence-electron chi connectivity index (χ4n) is 1.63. The molecule has 0 aliphatic carbocycles. The monoisotopic (exact) mass is 318 g/mol. The van der Waals surface area contributed by atoms with Gasteiger partial charge in [0, 0.05) is 30.6 Å². The van der Waals surface area contributed by atoms with Crippen LogP contribution in [0.3, 0.4) is 0 Å². The highest BCUT2D eigenvalue weighted by molar-refractivity contribution is 7.98. The predicted molar refractivity (Wildman–Crippen MR) is 85.7 cm³/mol. The number of benzene rings is 1. The summed E-state index contributed by atoms with van der Waals surface area (Å²) in [6, 6.07) is 6.92. The maximum absolute atomic E-state index is 12.1. The highest BCUT2D eigenvalue weighted by Gasteiger charge is 2.22. The molecule has 114 valence electrons. The number of rotatable bonds is 8. The third-order valence-electron chi connectivity index (χ3n) is 2.94. The van der Waals surface area contributed by atoms with Crippen molar-refractivity contribution in [2.24, 2.45) is 0 Å². The van der Waals surface area contributed by atoms with Gasteiger partial charge in [-0.25, -0.2) is 12.7 Å². The van der Waals surface area contributed by atoms with Gasteiger partial charge in [-0.3, -0.25) is 0 Å². The lowest BCUT2D eigenvalue weighted by atomic mass is 10.3. The van der Waals surface area contributed by atoms with E-state index in [-0.39, 0.29) is 18.4 Å². The molecule has 0 spiro atoms. The number of sulfonamides is 1. The molecule has 0 fully saturated rings. The highest BCUT2D eigenvalue weighted by atomic mass is 32.2. The van der Waals surface area contributed by atoms with Gasteiger partial charge < -0.3 is 10.5 Å². The maximum Gasteiger partial charge on any atom is 0.217 e. The smallest absolute Gasteiger partial charge is 0.217 e. The van der Waals surface area contributed by atoms with Crippen LogP contribution >= 0.6 is 11.8 Å². The molecule has 0 aromatic heterocycles. The molecule has 7 heteroatoms. The first-order valence-corrected chi connectivity index (χ1v) is 9.30. The van der Waals surface area contributed by atoms with Crippen LogP contribution < -0.4 is 10.5 Å². The highest BCUT2D eigenvalue weighted by Crippen LogP contribution is 2.15. The molecule has 0 saturated carbocycles.